The third-order valence-corrected chi connectivity index (χ3v) is 4.90. The van der Waals surface area contributed by atoms with Crippen molar-refractivity contribution in [3.63, 3.8) is 0 Å². The second-order valence-electron chi connectivity index (χ2n) is 6.00. The first kappa shape index (κ1) is 20.9. The highest BCUT2D eigenvalue weighted by Crippen LogP contribution is 2.36. The molecule has 1 aromatic carbocycles. The fourth-order valence-electron chi connectivity index (χ4n) is 1.70. The summed E-state index contributed by atoms with van der Waals surface area (Å²) in [5.74, 6) is -5.55. The normalized spacial score (nSPS) is 14.5. The first-order chi connectivity index (χ1) is 10.9. The van der Waals surface area contributed by atoms with Crippen molar-refractivity contribution in [2.75, 3.05) is 6.61 Å². The number of hydrogen-bond acceptors (Lipinski definition) is 4. The van der Waals surface area contributed by atoms with Crippen molar-refractivity contribution in [3.05, 3.63) is 34.3 Å². The van der Waals surface area contributed by atoms with E-state index in [0.717, 1.165) is 6.07 Å². The summed E-state index contributed by atoms with van der Waals surface area (Å²) < 4.78 is 48.4. The largest absolute Gasteiger partial charge is 0.591 e. The summed E-state index contributed by atoms with van der Waals surface area (Å²) in [6.45, 7) is 8.02. The third-order valence-electron chi connectivity index (χ3n) is 3.00. The molecule has 0 amide bonds. The maximum Gasteiger partial charge on any atom is 0.382 e. The smallest absolute Gasteiger partial charge is 0.382 e. The maximum atomic E-state index is 14.2. The highest BCUT2D eigenvalue weighted by atomic mass is 35.5. The molecule has 24 heavy (non-hydrogen) atoms. The van der Waals surface area contributed by atoms with Gasteiger partial charge >= 0.3 is 11.9 Å². The second kappa shape index (κ2) is 7.80. The zero-order valence-corrected chi connectivity index (χ0v) is 15.7. The Morgan fingerprint density at radius 1 is 1.38 bits per heavy atom. The van der Waals surface area contributed by atoms with E-state index in [1.807, 2.05) is 0 Å². The lowest BCUT2D eigenvalue weighted by Gasteiger charge is -2.20. The number of benzene rings is 1. The highest BCUT2D eigenvalue weighted by Gasteiger charge is 2.44. The summed E-state index contributed by atoms with van der Waals surface area (Å²) in [4.78, 5) is 11.5. The van der Waals surface area contributed by atoms with Gasteiger partial charge in [-0.05, 0) is 34.6 Å². The number of carbonyl (C=O) groups is 1. The Labute approximate surface area is 148 Å². The van der Waals surface area contributed by atoms with Crippen molar-refractivity contribution in [3.8, 4) is 0 Å². The van der Waals surface area contributed by atoms with Gasteiger partial charge in [-0.3, -0.25) is 0 Å². The van der Waals surface area contributed by atoms with Crippen LogP contribution in [0.15, 0.2) is 22.6 Å². The number of halogens is 3. The van der Waals surface area contributed by atoms with Crippen molar-refractivity contribution in [1.29, 1.82) is 0 Å². The van der Waals surface area contributed by atoms with Crippen molar-refractivity contribution < 1.29 is 22.9 Å². The minimum Gasteiger partial charge on any atom is -0.591 e. The minimum absolute atomic E-state index is 0.170. The zero-order chi connectivity index (χ0) is 18.7. The minimum atomic E-state index is -3.88. The molecule has 0 heterocycles. The molecule has 0 aliphatic carbocycles. The quantitative estimate of drug-likeness (QED) is 0.436. The Hall–Kier alpha value is -1.18. The molecule has 0 aliphatic rings. The average molecular weight is 380 g/mol. The van der Waals surface area contributed by atoms with Gasteiger partial charge in [0, 0.05) is 5.56 Å². The van der Waals surface area contributed by atoms with Crippen molar-refractivity contribution in [2.45, 2.75) is 45.3 Å². The molecule has 1 aromatic rings. The standard InChI is InChI=1S/C16H20ClF2NO3S/c1-6-23-14(21)16(18,19)12-9-7-8-11(13(12)17)10(2)20-24(22)15(3,4)5/h7-9H,6H2,1-5H3/b20-10-. The molecule has 0 spiro atoms. The predicted molar refractivity (Wildman–Crippen MR) is 92.1 cm³/mol. The molecule has 0 bridgehead atoms. The summed E-state index contributed by atoms with van der Waals surface area (Å²) in [5, 5.41) is -0.317. The van der Waals surface area contributed by atoms with E-state index in [2.05, 4.69) is 9.13 Å². The van der Waals surface area contributed by atoms with E-state index in [1.54, 1.807) is 20.8 Å². The molecule has 1 rings (SSSR count). The van der Waals surface area contributed by atoms with E-state index in [9.17, 15) is 18.1 Å². The Bertz CT molecular complexity index is 645. The number of rotatable bonds is 5. The van der Waals surface area contributed by atoms with Crippen molar-refractivity contribution in [2.24, 2.45) is 4.40 Å². The van der Waals surface area contributed by atoms with Crippen LogP contribution in [0.25, 0.3) is 0 Å². The van der Waals surface area contributed by atoms with Crippen LogP contribution in [0.4, 0.5) is 8.78 Å². The van der Waals surface area contributed by atoms with Crippen LogP contribution in [0.5, 0.6) is 0 Å². The van der Waals surface area contributed by atoms with Crippen LogP contribution < -0.4 is 0 Å². The monoisotopic (exact) mass is 379 g/mol. The van der Waals surface area contributed by atoms with Gasteiger partial charge < -0.3 is 9.29 Å². The number of nitrogens with zero attached hydrogens (tertiary/aromatic N) is 1. The summed E-state index contributed by atoms with van der Waals surface area (Å²) in [5.41, 5.74) is -0.235. The summed E-state index contributed by atoms with van der Waals surface area (Å²) in [7, 11) is 0. The van der Waals surface area contributed by atoms with Gasteiger partial charge in [-0.2, -0.15) is 8.78 Å². The zero-order valence-electron chi connectivity index (χ0n) is 14.2. The predicted octanol–water partition coefficient (Wildman–Crippen LogP) is 4.27. The Balaban J connectivity index is 3.32. The number of alkyl halides is 2. The summed E-state index contributed by atoms with van der Waals surface area (Å²) in [6, 6.07) is 3.87. The molecule has 4 nitrogen and oxygen atoms in total. The number of carbonyl (C=O) groups excluding carboxylic acids is 1. The summed E-state index contributed by atoms with van der Waals surface area (Å²) >= 11 is 4.50. The van der Waals surface area contributed by atoms with Gasteiger partial charge in [0.2, 0.25) is 0 Å². The molecule has 0 saturated heterocycles. The third kappa shape index (κ3) is 4.68. The Kier molecular flexibility index (Phi) is 6.78. The fourth-order valence-corrected chi connectivity index (χ4v) is 2.70. The first-order valence-corrected chi connectivity index (χ1v) is 8.73. The van der Waals surface area contributed by atoms with Crippen LogP contribution in [0.3, 0.4) is 0 Å². The molecule has 0 fully saturated rings. The lowest BCUT2D eigenvalue weighted by atomic mass is 10.0. The van der Waals surface area contributed by atoms with Crippen LogP contribution >= 0.6 is 11.6 Å². The van der Waals surface area contributed by atoms with Crippen LogP contribution in [0.1, 0.15) is 45.7 Å². The molecule has 0 aromatic heterocycles. The number of esters is 1. The van der Waals surface area contributed by atoms with E-state index in [4.69, 9.17) is 11.6 Å². The molecule has 1 atom stereocenters. The second-order valence-corrected chi connectivity index (χ2v) is 8.28. The Morgan fingerprint density at radius 2 is 1.96 bits per heavy atom. The molecule has 0 saturated carbocycles. The molecule has 1 unspecified atom stereocenters. The lowest BCUT2D eigenvalue weighted by Crippen LogP contribution is -2.29. The van der Waals surface area contributed by atoms with Crippen LogP contribution in [-0.2, 0) is 26.8 Å². The lowest BCUT2D eigenvalue weighted by molar-refractivity contribution is -0.173. The molecule has 0 N–H and O–H groups in total. The van der Waals surface area contributed by atoms with Crippen LogP contribution in [0, 0.1) is 0 Å². The van der Waals surface area contributed by atoms with Crippen molar-refractivity contribution in [1.82, 2.24) is 0 Å². The van der Waals surface area contributed by atoms with E-state index in [-0.39, 0.29) is 22.9 Å². The van der Waals surface area contributed by atoms with Gasteiger partial charge in [0.15, 0.2) is 0 Å². The molecular weight excluding hydrogens is 360 g/mol. The van der Waals surface area contributed by atoms with Gasteiger partial charge in [-0.1, -0.05) is 34.2 Å². The molecule has 0 aliphatic heterocycles. The summed E-state index contributed by atoms with van der Waals surface area (Å²) in [6.07, 6.45) is 0. The van der Waals surface area contributed by atoms with Gasteiger partial charge in [-0.25, -0.2) is 4.79 Å². The number of ether oxygens (including phenoxy) is 1. The van der Waals surface area contributed by atoms with E-state index in [0.29, 0.717) is 0 Å². The fraction of sp³-hybridized carbons (Fsp3) is 0.500. The van der Waals surface area contributed by atoms with E-state index >= 15 is 0 Å². The Morgan fingerprint density at radius 3 is 2.46 bits per heavy atom. The molecule has 134 valence electrons. The molecule has 8 heteroatoms. The average Bonchev–Trinajstić information content (AvgIpc) is 2.46. The van der Waals surface area contributed by atoms with E-state index in [1.165, 1.54) is 26.0 Å². The van der Waals surface area contributed by atoms with E-state index < -0.39 is 33.6 Å². The molecular formula is C16H20ClF2NO3S. The SMILES string of the molecule is CCOC(=O)C(F)(F)c1cccc(/C(C)=N\[S+]([O-])C(C)(C)C)c1Cl. The maximum absolute atomic E-state index is 14.2. The van der Waals surface area contributed by atoms with Gasteiger partial charge in [0.05, 0.1) is 22.9 Å². The topological polar surface area (TPSA) is 61.7 Å². The van der Waals surface area contributed by atoms with Gasteiger partial charge in [-0.15, -0.1) is 0 Å². The highest BCUT2D eigenvalue weighted by molar-refractivity contribution is 7.91. The van der Waals surface area contributed by atoms with Gasteiger partial charge in [0.1, 0.15) is 16.1 Å². The van der Waals surface area contributed by atoms with Crippen LogP contribution in [-0.4, -0.2) is 27.6 Å². The first-order valence-electron chi connectivity index (χ1n) is 7.24. The van der Waals surface area contributed by atoms with Gasteiger partial charge in [0.25, 0.3) is 0 Å². The molecule has 0 radical (unpaired) electrons. The van der Waals surface area contributed by atoms with Crippen LogP contribution in [0.2, 0.25) is 5.02 Å². The van der Waals surface area contributed by atoms with Crippen molar-refractivity contribution >= 4 is 34.6 Å². The number of hydrogen-bond donors (Lipinski definition) is 0.